The number of ether oxygens (including phenoxy) is 1. The lowest BCUT2D eigenvalue weighted by Gasteiger charge is -2.26. The van der Waals surface area contributed by atoms with Crippen LogP contribution in [-0.2, 0) is 22.6 Å². The number of carbonyl (C=O) groups excluding carboxylic acids is 1. The van der Waals surface area contributed by atoms with Gasteiger partial charge >= 0.3 is 5.97 Å². The summed E-state index contributed by atoms with van der Waals surface area (Å²) in [5, 5.41) is 0. The van der Waals surface area contributed by atoms with E-state index in [1.54, 1.807) is 0 Å². The molecule has 0 fully saturated rings. The van der Waals surface area contributed by atoms with Gasteiger partial charge in [0.1, 0.15) is 0 Å². The molecule has 2 N–H and O–H groups in total. The molecule has 4 heteroatoms. The molecular weight excluding hydrogens is 240 g/mol. The Balaban J connectivity index is 2.75. The number of esters is 1. The van der Waals surface area contributed by atoms with Crippen molar-refractivity contribution in [1.29, 1.82) is 0 Å². The second-order valence-corrected chi connectivity index (χ2v) is 4.78. The predicted molar refractivity (Wildman–Crippen MR) is 76.5 cm³/mol. The third-order valence-corrected chi connectivity index (χ3v) is 3.08. The first-order chi connectivity index (χ1) is 9.08. The molecule has 0 saturated heterocycles. The minimum absolute atomic E-state index is 0.179. The van der Waals surface area contributed by atoms with E-state index in [1.165, 1.54) is 5.56 Å². The maximum absolute atomic E-state index is 11.6. The van der Waals surface area contributed by atoms with Crippen LogP contribution >= 0.6 is 0 Å². The highest BCUT2D eigenvalue weighted by atomic mass is 16.5. The first-order valence-corrected chi connectivity index (χ1v) is 6.75. The zero-order valence-electron chi connectivity index (χ0n) is 12.1. The van der Waals surface area contributed by atoms with Gasteiger partial charge in [-0.1, -0.05) is 24.3 Å². The van der Waals surface area contributed by atoms with E-state index in [9.17, 15) is 4.79 Å². The van der Waals surface area contributed by atoms with Crippen LogP contribution in [0.15, 0.2) is 24.3 Å². The Morgan fingerprint density at radius 3 is 2.47 bits per heavy atom. The van der Waals surface area contributed by atoms with E-state index in [4.69, 9.17) is 10.5 Å². The molecule has 0 atom stereocenters. The smallest absolute Gasteiger partial charge is 0.320 e. The lowest BCUT2D eigenvalue weighted by Crippen LogP contribution is -2.36. The van der Waals surface area contributed by atoms with Gasteiger partial charge in [-0.3, -0.25) is 9.69 Å². The molecule has 0 spiro atoms. The normalized spacial score (nSPS) is 11.1. The average Bonchev–Trinajstić information content (AvgIpc) is 2.38. The number of nitrogens with two attached hydrogens (primary N) is 1. The Hall–Kier alpha value is -1.39. The number of rotatable bonds is 7. The molecule has 0 saturated carbocycles. The van der Waals surface area contributed by atoms with Crippen molar-refractivity contribution < 1.29 is 9.53 Å². The molecular formula is C15H24N2O2. The van der Waals surface area contributed by atoms with Crippen molar-refractivity contribution in [3.8, 4) is 0 Å². The van der Waals surface area contributed by atoms with Crippen LogP contribution in [0, 0.1) is 0 Å². The molecule has 0 heterocycles. The van der Waals surface area contributed by atoms with E-state index in [1.807, 2.05) is 25.1 Å². The van der Waals surface area contributed by atoms with E-state index in [0.29, 0.717) is 26.2 Å². The summed E-state index contributed by atoms with van der Waals surface area (Å²) in [6, 6.07) is 8.34. The molecule has 0 aliphatic carbocycles. The van der Waals surface area contributed by atoms with Crippen molar-refractivity contribution in [2.75, 3.05) is 13.2 Å². The van der Waals surface area contributed by atoms with Gasteiger partial charge in [-0.25, -0.2) is 0 Å². The topological polar surface area (TPSA) is 55.6 Å². The molecule has 1 rings (SSSR count). The van der Waals surface area contributed by atoms with E-state index in [2.05, 4.69) is 24.8 Å². The van der Waals surface area contributed by atoms with Crippen LogP contribution in [0.25, 0.3) is 0 Å². The second kappa shape index (κ2) is 7.92. The molecule has 0 aliphatic heterocycles. The van der Waals surface area contributed by atoms with Gasteiger partial charge in [0.25, 0.3) is 0 Å². The monoisotopic (exact) mass is 264 g/mol. The summed E-state index contributed by atoms with van der Waals surface area (Å²) in [5.41, 5.74) is 8.03. The molecule has 1 aromatic carbocycles. The quantitative estimate of drug-likeness (QED) is 0.764. The standard InChI is InChI=1S/C15H24N2O2/c1-4-19-15(18)11-17(12(2)3)10-14-8-6-5-7-13(14)9-16/h5-8,12H,4,9-11,16H2,1-3H3. The molecule has 0 amide bonds. The largest absolute Gasteiger partial charge is 0.465 e. The highest BCUT2D eigenvalue weighted by molar-refractivity contribution is 5.71. The van der Waals surface area contributed by atoms with Crippen molar-refractivity contribution in [2.24, 2.45) is 5.73 Å². The lowest BCUT2D eigenvalue weighted by molar-refractivity contribution is -0.145. The highest BCUT2D eigenvalue weighted by Crippen LogP contribution is 2.13. The number of carbonyl (C=O) groups is 1. The van der Waals surface area contributed by atoms with Gasteiger partial charge in [0, 0.05) is 19.1 Å². The SMILES string of the molecule is CCOC(=O)CN(Cc1ccccc1CN)C(C)C. The fourth-order valence-electron chi connectivity index (χ4n) is 1.92. The van der Waals surface area contributed by atoms with Crippen LogP contribution in [-0.4, -0.2) is 30.1 Å². The minimum Gasteiger partial charge on any atom is -0.465 e. The van der Waals surface area contributed by atoms with Gasteiger partial charge in [-0.2, -0.15) is 0 Å². The molecule has 19 heavy (non-hydrogen) atoms. The van der Waals surface area contributed by atoms with E-state index < -0.39 is 0 Å². The number of hydrogen-bond acceptors (Lipinski definition) is 4. The maximum atomic E-state index is 11.6. The minimum atomic E-state index is -0.179. The van der Waals surface area contributed by atoms with Crippen molar-refractivity contribution in [3.63, 3.8) is 0 Å². The summed E-state index contributed by atoms with van der Waals surface area (Å²) in [5.74, 6) is -0.179. The molecule has 0 aliphatic rings. The van der Waals surface area contributed by atoms with Crippen molar-refractivity contribution in [2.45, 2.75) is 39.9 Å². The molecule has 1 aromatic rings. The lowest BCUT2D eigenvalue weighted by atomic mass is 10.1. The summed E-state index contributed by atoms with van der Waals surface area (Å²) < 4.78 is 5.01. The predicted octanol–water partition coefficient (Wildman–Crippen LogP) is 1.92. The zero-order chi connectivity index (χ0) is 14.3. The van der Waals surface area contributed by atoms with Gasteiger partial charge in [0.05, 0.1) is 13.2 Å². The van der Waals surface area contributed by atoms with Crippen molar-refractivity contribution in [1.82, 2.24) is 4.90 Å². The molecule has 0 radical (unpaired) electrons. The van der Waals surface area contributed by atoms with Crippen molar-refractivity contribution >= 4 is 5.97 Å². The van der Waals surface area contributed by atoms with Gasteiger partial charge in [-0.05, 0) is 31.9 Å². The summed E-state index contributed by atoms with van der Waals surface area (Å²) in [6.07, 6.45) is 0. The highest BCUT2D eigenvalue weighted by Gasteiger charge is 2.16. The first kappa shape index (κ1) is 15.7. The van der Waals surface area contributed by atoms with Crippen LogP contribution < -0.4 is 5.73 Å². The van der Waals surface area contributed by atoms with E-state index >= 15 is 0 Å². The van der Waals surface area contributed by atoms with Gasteiger partial charge < -0.3 is 10.5 Å². The van der Waals surface area contributed by atoms with E-state index in [-0.39, 0.29) is 12.0 Å². The fraction of sp³-hybridized carbons (Fsp3) is 0.533. The Bertz CT molecular complexity index is 405. The summed E-state index contributed by atoms with van der Waals surface area (Å²) in [6.45, 7) is 7.93. The van der Waals surface area contributed by atoms with Gasteiger partial charge in [0.2, 0.25) is 0 Å². The third-order valence-electron chi connectivity index (χ3n) is 3.08. The Labute approximate surface area is 115 Å². The first-order valence-electron chi connectivity index (χ1n) is 6.75. The van der Waals surface area contributed by atoms with Crippen LogP contribution in [0.1, 0.15) is 31.9 Å². The number of nitrogens with zero attached hydrogens (tertiary/aromatic N) is 1. The van der Waals surface area contributed by atoms with E-state index in [0.717, 1.165) is 5.56 Å². The zero-order valence-corrected chi connectivity index (χ0v) is 12.1. The number of hydrogen-bond donors (Lipinski definition) is 1. The Kier molecular flexibility index (Phi) is 6.53. The van der Waals surface area contributed by atoms with Crippen molar-refractivity contribution in [3.05, 3.63) is 35.4 Å². The molecule has 0 unspecified atom stereocenters. The second-order valence-electron chi connectivity index (χ2n) is 4.78. The summed E-state index contributed by atoms with van der Waals surface area (Å²) in [7, 11) is 0. The van der Waals surface area contributed by atoms with Gasteiger partial charge in [0.15, 0.2) is 0 Å². The average molecular weight is 264 g/mol. The van der Waals surface area contributed by atoms with Gasteiger partial charge in [-0.15, -0.1) is 0 Å². The fourth-order valence-corrected chi connectivity index (χ4v) is 1.92. The molecule has 0 bridgehead atoms. The Morgan fingerprint density at radius 2 is 1.95 bits per heavy atom. The summed E-state index contributed by atoms with van der Waals surface area (Å²) in [4.78, 5) is 13.7. The third kappa shape index (κ3) is 5.01. The molecule has 0 aromatic heterocycles. The van der Waals surface area contributed by atoms with Crippen LogP contribution in [0.5, 0.6) is 0 Å². The van der Waals surface area contributed by atoms with Crippen LogP contribution in [0.3, 0.4) is 0 Å². The Morgan fingerprint density at radius 1 is 1.32 bits per heavy atom. The molecule has 4 nitrogen and oxygen atoms in total. The maximum Gasteiger partial charge on any atom is 0.320 e. The van der Waals surface area contributed by atoms with Crippen LogP contribution in [0.2, 0.25) is 0 Å². The summed E-state index contributed by atoms with van der Waals surface area (Å²) >= 11 is 0. The van der Waals surface area contributed by atoms with Crippen LogP contribution in [0.4, 0.5) is 0 Å². The molecule has 106 valence electrons. The number of benzene rings is 1.